The van der Waals surface area contributed by atoms with Crippen molar-refractivity contribution in [2.24, 2.45) is 0 Å². The van der Waals surface area contributed by atoms with E-state index in [1.165, 1.54) is 0 Å². The summed E-state index contributed by atoms with van der Waals surface area (Å²) >= 11 is 0. The summed E-state index contributed by atoms with van der Waals surface area (Å²) in [5, 5.41) is 3.12. The van der Waals surface area contributed by atoms with Crippen molar-refractivity contribution in [3.05, 3.63) is 23.5 Å². The van der Waals surface area contributed by atoms with Crippen molar-refractivity contribution < 1.29 is 27.0 Å². The number of ether oxygens (including phenoxy) is 2. The van der Waals surface area contributed by atoms with Gasteiger partial charge in [-0.15, -0.1) is 13.2 Å². The number of nitrogens with one attached hydrogen (secondary N) is 1. The maximum Gasteiger partial charge on any atom is 0.573 e. The lowest BCUT2D eigenvalue weighted by Gasteiger charge is -2.25. The molecule has 1 aromatic rings. The molecule has 2 heterocycles. The summed E-state index contributed by atoms with van der Waals surface area (Å²) in [6.07, 6.45) is -3.42. The summed E-state index contributed by atoms with van der Waals surface area (Å²) in [4.78, 5) is 0. The van der Waals surface area contributed by atoms with Crippen molar-refractivity contribution in [2.45, 2.75) is 31.3 Å². The van der Waals surface area contributed by atoms with Gasteiger partial charge in [-0.25, -0.2) is 4.39 Å². The molecule has 2 atom stereocenters. The fraction of sp³-hybridized carbons (Fsp3) is 0.500. The standard InChI is InChI=1S/C12H11F4NO2/c13-7-4-6(19-12(14,15)16)5-9-10(7)11-8(18-9)2-1-3-17-11/h4-5,8,11,17H,1-3H2/t8-,11+/m0/s1. The van der Waals surface area contributed by atoms with Crippen molar-refractivity contribution in [3.8, 4) is 11.5 Å². The molecule has 104 valence electrons. The van der Waals surface area contributed by atoms with Crippen LogP contribution >= 0.6 is 0 Å². The van der Waals surface area contributed by atoms with Crippen LogP contribution in [0, 0.1) is 5.82 Å². The summed E-state index contributed by atoms with van der Waals surface area (Å²) in [5.74, 6) is -1.20. The van der Waals surface area contributed by atoms with Crippen molar-refractivity contribution in [1.82, 2.24) is 5.32 Å². The Balaban J connectivity index is 1.94. The largest absolute Gasteiger partial charge is 0.573 e. The summed E-state index contributed by atoms with van der Waals surface area (Å²) in [5.41, 5.74) is 0.291. The number of hydrogen-bond acceptors (Lipinski definition) is 3. The number of piperidine rings is 1. The Kier molecular flexibility index (Phi) is 2.81. The molecular formula is C12H11F4NO2. The highest BCUT2D eigenvalue weighted by molar-refractivity contribution is 5.47. The second-order valence-corrected chi connectivity index (χ2v) is 4.60. The predicted octanol–water partition coefficient (Wildman–Crippen LogP) is 2.91. The van der Waals surface area contributed by atoms with E-state index in [1.807, 2.05) is 0 Å². The van der Waals surface area contributed by atoms with Gasteiger partial charge in [0.05, 0.1) is 11.6 Å². The molecular weight excluding hydrogens is 266 g/mol. The minimum absolute atomic E-state index is 0.128. The zero-order chi connectivity index (χ0) is 13.6. The smallest absolute Gasteiger partial charge is 0.488 e. The lowest BCUT2D eigenvalue weighted by atomic mass is 9.96. The quantitative estimate of drug-likeness (QED) is 0.801. The fourth-order valence-corrected chi connectivity index (χ4v) is 2.60. The SMILES string of the molecule is Fc1cc(OC(F)(F)F)cc2c1[C@@H]1NCCC[C@@H]1O2. The van der Waals surface area contributed by atoms with Crippen LogP contribution in [0.3, 0.4) is 0 Å². The third-order valence-corrected chi connectivity index (χ3v) is 3.29. The van der Waals surface area contributed by atoms with Crippen LogP contribution < -0.4 is 14.8 Å². The molecule has 2 aliphatic heterocycles. The molecule has 0 bridgehead atoms. The number of rotatable bonds is 1. The van der Waals surface area contributed by atoms with E-state index in [1.54, 1.807) is 0 Å². The summed E-state index contributed by atoms with van der Waals surface area (Å²) in [6, 6.07) is 1.55. The van der Waals surface area contributed by atoms with E-state index in [0.29, 0.717) is 5.56 Å². The number of hydrogen-bond donors (Lipinski definition) is 1. The third-order valence-electron chi connectivity index (χ3n) is 3.29. The Labute approximate surface area is 106 Å². The first kappa shape index (κ1) is 12.5. The van der Waals surface area contributed by atoms with Gasteiger partial charge in [0, 0.05) is 12.1 Å². The third kappa shape index (κ3) is 2.34. The second kappa shape index (κ2) is 4.26. The maximum atomic E-state index is 13.9. The molecule has 19 heavy (non-hydrogen) atoms. The zero-order valence-electron chi connectivity index (χ0n) is 9.76. The highest BCUT2D eigenvalue weighted by atomic mass is 19.4. The first-order valence-corrected chi connectivity index (χ1v) is 5.93. The van der Waals surface area contributed by atoms with E-state index < -0.39 is 17.9 Å². The fourth-order valence-electron chi connectivity index (χ4n) is 2.60. The highest BCUT2D eigenvalue weighted by Crippen LogP contribution is 2.44. The van der Waals surface area contributed by atoms with Gasteiger partial charge in [-0.2, -0.15) is 0 Å². The topological polar surface area (TPSA) is 30.5 Å². The molecule has 0 aliphatic carbocycles. The van der Waals surface area contributed by atoms with Crippen molar-refractivity contribution >= 4 is 0 Å². The molecule has 7 heteroatoms. The van der Waals surface area contributed by atoms with Gasteiger partial charge in [0.15, 0.2) is 0 Å². The van der Waals surface area contributed by atoms with Gasteiger partial charge in [0.1, 0.15) is 23.4 Å². The van der Waals surface area contributed by atoms with Crippen LogP contribution in [0.15, 0.2) is 12.1 Å². The van der Waals surface area contributed by atoms with Gasteiger partial charge < -0.3 is 14.8 Å². The van der Waals surface area contributed by atoms with Gasteiger partial charge in [-0.3, -0.25) is 0 Å². The van der Waals surface area contributed by atoms with Gasteiger partial charge in [-0.1, -0.05) is 0 Å². The average Bonchev–Trinajstić information content (AvgIpc) is 2.64. The molecule has 1 N–H and O–H groups in total. The Morgan fingerprint density at radius 3 is 2.84 bits per heavy atom. The molecule has 1 fully saturated rings. The molecule has 0 saturated carbocycles. The number of halogens is 4. The van der Waals surface area contributed by atoms with Gasteiger partial charge in [-0.05, 0) is 19.4 Å². The number of alkyl halides is 3. The minimum Gasteiger partial charge on any atom is -0.488 e. The maximum absolute atomic E-state index is 13.9. The lowest BCUT2D eigenvalue weighted by molar-refractivity contribution is -0.274. The molecule has 0 radical (unpaired) electrons. The monoisotopic (exact) mass is 277 g/mol. The number of benzene rings is 1. The minimum atomic E-state index is -4.84. The van der Waals surface area contributed by atoms with E-state index in [0.717, 1.165) is 31.5 Å². The van der Waals surface area contributed by atoms with Crippen LogP contribution in [0.4, 0.5) is 17.6 Å². The van der Waals surface area contributed by atoms with E-state index in [4.69, 9.17) is 4.74 Å². The Hall–Kier alpha value is -1.50. The van der Waals surface area contributed by atoms with Gasteiger partial charge >= 0.3 is 6.36 Å². The van der Waals surface area contributed by atoms with E-state index >= 15 is 0 Å². The Morgan fingerprint density at radius 1 is 1.32 bits per heavy atom. The van der Waals surface area contributed by atoms with E-state index in [2.05, 4.69) is 10.1 Å². The van der Waals surface area contributed by atoms with Crippen LogP contribution in [0.5, 0.6) is 11.5 Å². The van der Waals surface area contributed by atoms with Crippen LogP contribution in [-0.4, -0.2) is 19.0 Å². The lowest BCUT2D eigenvalue weighted by Crippen LogP contribution is -2.37. The first-order valence-electron chi connectivity index (χ1n) is 5.93. The molecule has 2 aliphatic rings. The van der Waals surface area contributed by atoms with Crippen LogP contribution in [0.1, 0.15) is 24.4 Å². The highest BCUT2D eigenvalue weighted by Gasteiger charge is 2.39. The first-order chi connectivity index (χ1) is 8.94. The van der Waals surface area contributed by atoms with Crippen LogP contribution in [0.25, 0.3) is 0 Å². The average molecular weight is 277 g/mol. The van der Waals surface area contributed by atoms with Crippen LogP contribution in [0.2, 0.25) is 0 Å². The predicted molar refractivity (Wildman–Crippen MR) is 57.5 cm³/mol. The Morgan fingerprint density at radius 2 is 2.11 bits per heavy atom. The number of fused-ring (bicyclic) bond motifs is 3. The van der Waals surface area contributed by atoms with Crippen LogP contribution in [-0.2, 0) is 0 Å². The summed E-state index contributed by atoms with van der Waals surface area (Å²) in [7, 11) is 0. The molecule has 3 rings (SSSR count). The van der Waals surface area contributed by atoms with Crippen molar-refractivity contribution in [3.63, 3.8) is 0 Å². The van der Waals surface area contributed by atoms with E-state index in [-0.39, 0.29) is 17.9 Å². The molecule has 3 nitrogen and oxygen atoms in total. The molecule has 0 unspecified atom stereocenters. The van der Waals surface area contributed by atoms with Crippen molar-refractivity contribution in [1.29, 1.82) is 0 Å². The summed E-state index contributed by atoms with van der Waals surface area (Å²) in [6.45, 7) is 0.740. The normalized spacial score (nSPS) is 25.5. The van der Waals surface area contributed by atoms with Gasteiger partial charge in [0.25, 0.3) is 0 Å². The second-order valence-electron chi connectivity index (χ2n) is 4.60. The van der Waals surface area contributed by atoms with E-state index in [9.17, 15) is 17.6 Å². The molecule has 0 aromatic heterocycles. The summed E-state index contributed by atoms with van der Waals surface area (Å²) < 4.78 is 59.5. The molecule has 0 amide bonds. The molecule has 1 saturated heterocycles. The van der Waals surface area contributed by atoms with Crippen molar-refractivity contribution in [2.75, 3.05) is 6.54 Å². The molecule has 1 aromatic carbocycles. The molecule has 0 spiro atoms. The Bertz CT molecular complexity index is 503. The zero-order valence-corrected chi connectivity index (χ0v) is 9.76. The van der Waals surface area contributed by atoms with Gasteiger partial charge in [0.2, 0.25) is 0 Å².